The van der Waals surface area contributed by atoms with Gasteiger partial charge in [0.05, 0.1) is 6.54 Å². The molecular formula is C23H36IN5O2. The van der Waals surface area contributed by atoms with Gasteiger partial charge in [0.25, 0.3) is 0 Å². The summed E-state index contributed by atoms with van der Waals surface area (Å²) < 4.78 is 0. The first-order chi connectivity index (χ1) is 14.7. The Kier molecular flexibility index (Phi) is 11.1. The molecule has 0 aromatic heterocycles. The number of anilines is 1. The second-order valence-corrected chi connectivity index (χ2v) is 8.09. The molecule has 2 aliphatic rings. The fourth-order valence-corrected chi connectivity index (χ4v) is 4.06. The van der Waals surface area contributed by atoms with Crippen molar-refractivity contribution in [3.8, 4) is 0 Å². The predicted octanol–water partition coefficient (Wildman–Crippen LogP) is 3.33. The molecule has 0 spiro atoms. The summed E-state index contributed by atoms with van der Waals surface area (Å²) >= 11 is 0. The predicted molar refractivity (Wildman–Crippen MR) is 136 cm³/mol. The lowest BCUT2D eigenvalue weighted by atomic mass is 9.95. The van der Waals surface area contributed by atoms with Crippen molar-refractivity contribution >= 4 is 47.4 Å². The lowest BCUT2D eigenvalue weighted by Crippen LogP contribution is -2.41. The lowest BCUT2D eigenvalue weighted by molar-refractivity contribution is -0.122. The van der Waals surface area contributed by atoms with E-state index in [2.05, 4.69) is 20.9 Å². The summed E-state index contributed by atoms with van der Waals surface area (Å²) in [6.07, 6.45) is 7.95. The molecule has 172 valence electrons. The number of benzene rings is 1. The van der Waals surface area contributed by atoms with Crippen molar-refractivity contribution in [2.24, 2.45) is 4.99 Å². The van der Waals surface area contributed by atoms with E-state index in [9.17, 15) is 9.59 Å². The van der Waals surface area contributed by atoms with Gasteiger partial charge in [0.2, 0.25) is 11.8 Å². The molecule has 2 amide bonds. The maximum Gasteiger partial charge on any atom is 0.227 e. The zero-order valence-electron chi connectivity index (χ0n) is 18.5. The number of hydrogen-bond acceptors (Lipinski definition) is 3. The molecule has 0 bridgehead atoms. The highest BCUT2D eigenvalue weighted by atomic mass is 127. The molecular weight excluding hydrogens is 505 g/mol. The Balaban J connectivity index is 0.00000341. The molecule has 8 heteroatoms. The molecule has 2 fully saturated rings. The van der Waals surface area contributed by atoms with Gasteiger partial charge < -0.3 is 20.9 Å². The highest BCUT2D eigenvalue weighted by molar-refractivity contribution is 14.0. The van der Waals surface area contributed by atoms with E-state index in [4.69, 9.17) is 0 Å². The third-order valence-electron chi connectivity index (χ3n) is 5.70. The molecule has 0 unspecified atom stereocenters. The van der Waals surface area contributed by atoms with Gasteiger partial charge in [-0.05, 0) is 43.9 Å². The average molecular weight is 541 g/mol. The molecule has 1 saturated heterocycles. The number of hydrogen-bond donors (Lipinski definition) is 3. The summed E-state index contributed by atoms with van der Waals surface area (Å²) in [4.78, 5) is 30.5. The minimum Gasteiger partial charge on any atom is -0.357 e. The van der Waals surface area contributed by atoms with Crippen LogP contribution in [0.3, 0.4) is 0 Å². The van der Waals surface area contributed by atoms with Gasteiger partial charge in [0.15, 0.2) is 5.96 Å². The topological polar surface area (TPSA) is 85.8 Å². The number of rotatable bonds is 8. The number of halogens is 1. The van der Waals surface area contributed by atoms with Crippen LogP contribution >= 0.6 is 24.0 Å². The summed E-state index contributed by atoms with van der Waals surface area (Å²) in [6, 6.07) is 8.37. The van der Waals surface area contributed by atoms with E-state index in [1.807, 2.05) is 36.1 Å². The smallest absolute Gasteiger partial charge is 0.227 e. The van der Waals surface area contributed by atoms with Crippen LogP contribution in [0, 0.1) is 0 Å². The van der Waals surface area contributed by atoms with Gasteiger partial charge in [-0.2, -0.15) is 0 Å². The van der Waals surface area contributed by atoms with Gasteiger partial charge in [-0.1, -0.05) is 31.4 Å². The van der Waals surface area contributed by atoms with Crippen molar-refractivity contribution in [3.63, 3.8) is 0 Å². The monoisotopic (exact) mass is 541 g/mol. The fraction of sp³-hybridized carbons (Fsp3) is 0.609. The van der Waals surface area contributed by atoms with Crippen molar-refractivity contribution in [2.45, 2.75) is 70.9 Å². The highest BCUT2D eigenvalue weighted by Crippen LogP contribution is 2.21. The largest absolute Gasteiger partial charge is 0.357 e. The maximum absolute atomic E-state index is 12.2. The van der Waals surface area contributed by atoms with Crippen LogP contribution in [0.1, 0.15) is 63.9 Å². The van der Waals surface area contributed by atoms with Crippen LogP contribution in [0.25, 0.3) is 0 Å². The number of amides is 2. The van der Waals surface area contributed by atoms with E-state index in [1.54, 1.807) is 0 Å². The number of nitrogens with zero attached hydrogens (tertiary/aromatic N) is 2. The van der Waals surface area contributed by atoms with Crippen molar-refractivity contribution in [2.75, 3.05) is 24.5 Å². The average Bonchev–Trinajstić information content (AvgIpc) is 3.19. The van der Waals surface area contributed by atoms with Crippen LogP contribution < -0.4 is 20.9 Å². The summed E-state index contributed by atoms with van der Waals surface area (Å²) in [5.74, 6) is 1.02. The first-order valence-corrected chi connectivity index (χ1v) is 11.4. The number of carbonyl (C=O) groups is 2. The minimum atomic E-state index is 0. The number of guanidine groups is 1. The Morgan fingerprint density at radius 1 is 1.10 bits per heavy atom. The summed E-state index contributed by atoms with van der Waals surface area (Å²) in [7, 11) is 0. The summed E-state index contributed by atoms with van der Waals surface area (Å²) in [5.41, 5.74) is 2.04. The van der Waals surface area contributed by atoms with Crippen LogP contribution in [-0.2, 0) is 16.1 Å². The van der Waals surface area contributed by atoms with Gasteiger partial charge in [-0.25, -0.2) is 4.99 Å². The van der Waals surface area contributed by atoms with E-state index in [-0.39, 0.29) is 35.8 Å². The molecule has 1 heterocycles. The Bertz CT molecular complexity index is 732. The standard InChI is InChI=1S/C23H35N5O2.HI/c1-2-24-23(25-15-14-21(29)27-19-7-4-3-5-8-19)26-17-18-10-12-20(13-11-18)28-16-6-9-22(28)30;/h10-13,19H,2-9,14-17H2,1H3,(H,27,29)(H2,24,25,26);1H. The Morgan fingerprint density at radius 3 is 2.48 bits per heavy atom. The number of nitrogens with one attached hydrogen (secondary N) is 3. The van der Waals surface area contributed by atoms with Crippen molar-refractivity contribution in [3.05, 3.63) is 29.8 Å². The molecule has 0 radical (unpaired) electrons. The molecule has 1 aromatic carbocycles. The minimum absolute atomic E-state index is 0. The molecule has 1 aliphatic carbocycles. The zero-order chi connectivity index (χ0) is 21.2. The maximum atomic E-state index is 12.2. The van der Waals surface area contributed by atoms with Crippen LogP contribution in [0.2, 0.25) is 0 Å². The molecule has 31 heavy (non-hydrogen) atoms. The zero-order valence-corrected chi connectivity index (χ0v) is 20.8. The molecule has 0 atom stereocenters. The molecule has 3 N–H and O–H groups in total. The van der Waals surface area contributed by atoms with E-state index in [0.717, 1.165) is 43.6 Å². The first-order valence-electron chi connectivity index (χ1n) is 11.4. The van der Waals surface area contributed by atoms with Crippen molar-refractivity contribution in [1.82, 2.24) is 16.0 Å². The van der Waals surface area contributed by atoms with Crippen molar-refractivity contribution in [1.29, 1.82) is 0 Å². The van der Waals surface area contributed by atoms with E-state index in [1.165, 1.54) is 19.3 Å². The molecule has 1 aliphatic heterocycles. The normalized spacial score (nSPS) is 17.3. The van der Waals surface area contributed by atoms with Gasteiger partial charge >= 0.3 is 0 Å². The Hall–Kier alpha value is -1.84. The van der Waals surface area contributed by atoms with Gasteiger partial charge in [-0.15, -0.1) is 24.0 Å². The Morgan fingerprint density at radius 2 is 1.84 bits per heavy atom. The van der Waals surface area contributed by atoms with Gasteiger partial charge in [0.1, 0.15) is 0 Å². The van der Waals surface area contributed by atoms with Gasteiger partial charge in [-0.3, -0.25) is 9.59 Å². The van der Waals surface area contributed by atoms with Crippen LogP contribution in [-0.4, -0.2) is 43.5 Å². The third kappa shape index (κ3) is 8.31. The molecule has 1 aromatic rings. The van der Waals surface area contributed by atoms with Crippen LogP contribution in [0.5, 0.6) is 0 Å². The highest BCUT2D eigenvalue weighted by Gasteiger charge is 2.21. The second-order valence-electron chi connectivity index (χ2n) is 8.09. The number of carbonyl (C=O) groups excluding carboxylic acids is 2. The Labute approximate surface area is 202 Å². The van der Waals surface area contributed by atoms with E-state index < -0.39 is 0 Å². The SMILES string of the molecule is CCNC(=NCc1ccc(N2CCCC2=O)cc1)NCCC(=O)NC1CCCCC1.I. The van der Waals surface area contributed by atoms with Crippen molar-refractivity contribution < 1.29 is 9.59 Å². The summed E-state index contributed by atoms with van der Waals surface area (Å²) in [6.45, 7) is 4.68. The molecule has 3 rings (SSSR count). The first kappa shape index (κ1) is 25.4. The summed E-state index contributed by atoms with van der Waals surface area (Å²) in [5, 5.41) is 9.62. The second kappa shape index (κ2) is 13.5. The molecule has 1 saturated carbocycles. The van der Waals surface area contributed by atoms with Crippen LogP contribution in [0.4, 0.5) is 5.69 Å². The quantitative estimate of drug-likeness (QED) is 0.268. The van der Waals surface area contributed by atoms with E-state index in [0.29, 0.717) is 37.9 Å². The van der Waals surface area contributed by atoms with E-state index >= 15 is 0 Å². The molecule has 7 nitrogen and oxygen atoms in total. The number of aliphatic imine (C=N–C) groups is 1. The fourth-order valence-electron chi connectivity index (χ4n) is 4.06. The third-order valence-corrected chi connectivity index (χ3v) is 5.70. The van der Waals surface area contributed by atoms with Gasteiger partial charge in [0, 0.05) is 44.2 Å². The van der Waals surface area contributed by atoms with Crippen LogP contribution in [0.15, 0.2) is 29.3 Å². The lowest BCUT2D eigenvalue weighted by Gasteiger charge is -2.22.